The minimum atomic E-state index is -0.835. The summed E-state index contributed by atoms with van der Waals surface area (Å²) in [5.74, 6) is -1.50. The first-order valence-corrected chi connectivity index (χ1v) is 9.87. The van der Waals surface area contributed by atoms with E-state index in [0.717, 1.165) is 5.56 Å². The molecule has 4 rings (SSSR count). The molecule has 3 aromatic rings. The zero-order valence-electron chi connectivity index (χ0n) is 17.5. The number of hydrogen-bond acceptors (Lipinski definition) is 6. The number of carbonyl (C=O) groups is 2. The van der Waals surface area contributed by atoms with Gasteiger partial charge in [-0.05, 0) is 18.2 Å². The van der Waals surface area contributed by atoms with Crippen LogP contribution in [0.1, 0.15) is 32.4 Å². The Kier molecular flexibility index (Phi) is 4.89. The molecule has 1 amide bonds. The maximum absolute atomic E-state index is 13.2. The van der Waals surface area contributed by atoms with Crippen LogP contribution in [-0.2, 0) is 9.59 Å². The minimum absolute atomic E-state index is 0.0518. The molecule has 0 spiro atoms. The van der Waals surface area contributed by atoms with Crippen molar-refractivity contribution in [3.63, 3.8) is 0 Å². The van der Waals surface area contributed by atoms with Crippen molar-refractivity contribution in [2.75, 3.05) is 10.6 Å². The Morgan fingerprint density at radius 2 is 1.77 bits per heavy atom. The maximum Gasteiger partial charge on any atom is 0.294 e. The molecule has 7 heteroatoms. The lowest BCUT2D eigenvalue weighted by molar-refractivity contribution is -0.123. The third-order valence-corrected chi connectivity index (χ3v) is 5.30. The highest BCUT2D eigenvalue weighted by Crippen LogP contribution is 2.45. The fraction of sp³-hybridized carbons (Fsp3) is 0.208. The van der Waals surface area contributed by atoms with Crippen LogP contribution in [0.25, 0.3) is 11.3 Å². The van der Waals surface area contributed by atoms with Gasteiger partial charge in [0.1, 0.15) is 12.0 Å². The number of ketones is 1. The zero-order valence-corrected chi connectivity index (χ0v) is 17.5. The van der Waals surface area contributed by atoms with Crippen molar-refractivity contribution in [3.8, 4) is 11.3 Å². The molecule has 3 N–H and O–H groups in total. The number of para-hydroxylation sites is 1. The summed E-state index contributed by atoms with van der Waals surface area (Å²) in [6.07, 6.45) is 1.48. The molecule has 7 nitrogen and oxygen atoms in total. The molecule has 1 atom stereocenters. The monoisotopic (exact) mass is 417 g/mol. The Bertz CT molecular complexity index is 1170. The number of hydrogen-bond donors (Lipinski definition) is 2. The Morgan fingerprint density at radius 3 is 2.35 bits per heavy atom. The van der Waals surface area contributed by atoms with Gasteiger partial charge in [-0.1, -0.05) is 56.3 Å². The lowest BCUT2D eigenvalue weighted by Gasteiger charge is -2.29. The van der Waals surface area contributed by atoms with E-state index >= 15 is 0 Å². The van der Waals surface area contributed by atoms with E-state index in [9.17, 15) is 14.7 Å². The van der Waals surface area contributed by atoms with Crippen molar-refractivity contribution in [1.29, 1.82) is 0 Å². The fourth-order valence-corrected chi connectivity index (χ4v) is 3.72. The van der Waals surface area contributed by atoms with Crippen molar-refractivity contribution in [2.45, 2.75) is 26.8 Å². The predicted molar refractivity (Wildman–Crippen MR) is 117 cm³/mol. The van der Waals surface area contributed by atoms with Crippen LogP contribution in [0.15, 0.2) is 76.7 Å². The van der Waals surface area contributed by atoms with Crippen LogP contribution in [0.2, 0.25) is 0 Å². The van der Waals surface area contributed by atoms with Gasteiger partial charge in [-0.15, -0.1) is 0 Å². The molecule has 2 heterocycles. The Hall–Kier alpha value is -3.87. The summed E-state index contributed by atoms with van der Waals surface area (Å²) in [4.78, 5) is 27.8. The molecule has 0 radical (unpaired) electrons. The van der Waals surface area contributed by atoms with Crippen LogP contribution in [-0.4, -0.2) is 22.0 Å². The van der Waals surface area contributed by atoms with E-state index in [4.69, 9.17) is 10.3 Å². The zero-order chi connectivity index (χ0) is 22.3. The SMILES string of the molecule is CC(C)(C)C(=O)C1=C(O)C(=O)N(c2ccc(-c3ccon3)cc2)C1c1ccccc1N. The summed E-state index contributed by atoms with van der Waals surface area (Å²) in [7, 11) is 0. The van der Waals surface area contributed by atoms with Crippen molar-refractivity contribution < 1.29 is 19.2 Å². The molecule has 0 saturated carbocycles. The van der Waals surface area contributed by atoms with E-state index in [-0.39, 0.29) is 11.4 Å². The lowest BCUT2D eigenvalue weighted by Crippen LogP contribution is -2.33. The van der Waals surface area contributed by atoms with Gasteiger partial charge in [-0.2, -0.15) is 0 Å². The van der Waals surface area contributed by atoms with E-state index in [1.165, 1.54) is 11.2 Å². The number of Topliss-reactive ketones (excluding diaryl/α,β-unsaturated/α-hetero) is 1. The van der Waals surface area contributed by atoms with Gasteiger partial charge < -0.3 is 15.4 Å². The van der Waals surface area contributed by atoms with Crippen LogP contribution >= 0.6 is 0 Å². The second kappa shape index (κ2) is 7.43. The quantitative estimate of drug-likeness (QED) is 0.608. The van der Waals surface area contributed by atoms with Crippen LogP contribution in [0, 0.1) is 5.41 Å². The van der Waals surface area contributed by atoms with Gasteiger partial charge in [-0.3, -0.25) is 14.5 Å². The van der Waals surface area contributed by atoms with E-state index in [0.29, 0.717) is 22.6 Å². The van der Waals surface area contributed by atoms with E-state index in [2.05, 4.69) is 5.16 Å². The minimum Gasteiger partial charge on any atom is -0.503 e. The molecular weight excluding hydrogens is 394 g/mol. The van der Waals surface area contributed by atoms with E-state index in [1.807, 2.05) is 0 Å². The first kappa shape index (κ1) is 20.4. The highest BCUT2D eigenvalue weighted by Gasteiger charge is 2.47. The Balaban J connectivity index is 1.84. The van der Waals surface area contributed by atoms with Gasteiger partial charge in [-0.25, -0.2) is 0 Å². The molecule has 0 fully saturated rings. The van der Waals surface area contributed by atoms with Gasteiger partial charge in [0, 0.05) is 34.0 Å². The van der Waals surface area contributed by atoms with E-state index < -0.39 is 23.1 Å². The maximum atomic E-state index is 13.2. The van der Waals surface area contributed by atoms with Gasteiger partial charge in [0.2, 0.25) is 0 Å². The number of anilines is 2. The Labute approximate surface area is 179 Å². The number of aliphatic hydroxyl groups excluding tert-OH is 1. The number of nitrogen functional groups attached to an aromatic ring is 1. The smallest absolute Gasteiger partial charge is 0.294 e. The highest BCUT2D eigenvalue weighted by molar-refractivity contribution is 6.17. The number of benzene rings is 2. The number of aromatic nitrogens is 1. The van der Waals surface area contributed by atoms with Crippen LogP contribution in [0.4, 0.5) is 11.4 Å². The van der Waals surface area contributed by atoms with Gasteiger partial charge in [0.05, 0.1) is 11.6 Å². The summed E-state index contributed by atoms with van der Waals surface area (Å²) in [6.45, 7) is 5.25. The summed E-state index contributed by atoms with van der Waals surface area (Å²) < 4.78 is 4.88. The van der Waals surface area contributed by atoms with Crippen LogP contribution in [0.5, 0.6) is 0 Å². The van der Waals surface area contributed by atoms with Crippen molar-refractivity contribution in [3.05, 3.63) is 77.8 Å². The second-order valence-electron chi connectivity index (χ2n) is 8.48. The van der Waals surface area contributed by atoms with Crippen LogP contribution in [0.3, 0.4) is 0 Å². The molecule has 0 bridgehead atoms. The number of carbonyl (C=O) groups excluding carboxylic acids is 2. The first-order valence-electron chi connectivity index (χ1n) is 9.87. The van der Waals surface area contributed by atoms with Crippen molar-refractivity contribution >= 4 is 23.1 Å². The number of amides is 1. The first-order chi connectivity index (χ1) is 14.7. The normalized spacial score (nSPS) is 16.8. The predicted octanol–water partition coefficient (Wildman–Crippen LogP) is 4.44. The number of nitrogens with two attached hydrogens (primary N) is 1. The largest absolute Gasteiger partial charge is 0.503 e. The molecule has 1 unspecified atom stereocenters. The van der Waals surface area contributed by atoms with Gasteiger partial charge in [0.25, 0.3) is 5.91 Å². The summed E-state index contributed by atoms with van der Waals surface area (Å²) >= 11 is 0. The number of nitrogens with zero attached hydrogens (tertiary/aromatic N) is 2. The third kappa shape index (κ3) is 3.48. The molecule has 1 aliphatic rings. The van der Waals surface area contributed by atoms with E-state index in [1.54, 1.807) is 75.4 Å². The molecule has 158 valence electrons. The average Bonchev–Trinajstić information content (AvgIpc) is 3.35. The Morgan fingerprint density at radius 1 is 1.10 bits per heavy atom. The fourth-order valence-electron chi connectivity index (χ4n) is 3.72. The lowest BCUT2D eigenvalue weighted by atomic mass is 9.82. The standard InChI is InChI=1S/C24H23N3O4/c1-24(2,3)22(29)19-20(16-6-4-5-7-17(16)25)27(23(30)21(19)28)15-10-8-14(9-11-15)18-12-13-31-26-18/h4-13,20,28H,25H2,1-3H3. The summed E-state index contributed by atoms with van der Waals surface area (Å²) in [5, 5.41) is 14.7. The van der Waals surface area contributed by atoms with Crippen LogP contribution < -0.4 is 10.6 Å². The number of aliphatic hydroxyl groups is 1. The molecule has 0 saturated heterocycles. The summed E-state index contributed by atoms with van der Waals surface area (Å²) in [5.41, 5.74) is 8.47. The van der Waals surface area contributed by atoms with Crippen molar-refractivity contribution in [1.82, 2.24) is 5.16 Å². The molecule has 31 heavy (non-hydrogen) atoms. The molecule has 0 aliphatic carbocycles. The molecule has 1 aliphatic heterocycles. The second-order valence-corrected chi connectivity index (χ2v) is 8.48. The topological polar surface area (TPSA) is 110 Å². The van der Waals surface area contributed by atoms with Gasteiger partial charge in [0.15, 0.2) is 11.5 Å². The molecule has 1 aromatic heterocycles. The van der Waals surface area contributed by atoms with Gasteiger partial charge >= 0.3 is 0 Å². The molecular formula is C24H23N3O4. The summed E-state index contributed by atoms with van der Waals surface area (Å²) in [6, 6.07) is 15.0. The molecule has 2 aromatic carbocycles. The number of rotatable bonds is 4. The third-order valence-electron chi connectivity index (χ3n) is 5.30. The van der Waals surface area contributed by atoms with Crippen molar-refractivity contribution in [2.24, 2.45) is 5.41 Å². The average molecular weight is 417 g/mol. The highest BCUT2D eigenvalue weighted by atomic mass is 16.5.